The number of aryl methyl sites for hydroxylation is 2. The lowest BCUT2D eigenvalue weighted by Gasteiger charge is -2.52. The van der Waals surface area contributed by atoms with Gasteiger partial charge < -0.3 is 14.2 Å². The Hall–Kier alpha value is -4.70. The predicted octanol–water partition coefficient (Wildman–Crippen LogP) is 15.8. The van der Waals surface area contributed by atoms with Crippen LogP contribution in [-0.4, -0.2) is 6.71 Å². The third-order valence-electron chi connectivity index (χ3n) is 19.3. The van der Waals surface area contributed by atoms with Gasteiger partial charge in [0.15, 0.2) is 0 Å². The number of rotatable bonds is 4. The van der Waals surface area contributed by atoms with Gasteiger partial charge in [-0.3, -0.25) is 0 Å². The number of hydrogen-bond acceptors (Lipinski definition) is 3. The Morgan fingerprint density at radius 3 is 1.84 bits per heavy atom. The molecule has 1 fully saturated rings. The fourth-order valence-corrected chi connectivity index (χ4v) is 14.0. The minimum Gasteiger partial charge on any atom is -0.468 e. The van der Waals surface area contributed by atoms with Crippen LogP contribution in [0.25, 0.3) is 11.0 Å². The molecule has 2 bridgehead atoms. The molecule has 4 aromatic carbocycles. The van der Waals surface area contributed by atoms with Gasteiger partial charge in [0.05, 0.1) is 11.3 Å². The molecule has 0 saturated heterocycles. The van der Waals surface area contributed by atoms with Crippen LogP contribution < -0.4 is 26.4 Å². The number of nitrogens with zero attached hydrogens (tertiary/aromatic N) is 2. The molecule has 0 radical (unpaired) electrons. The zero-order valence-electron chi connectivity index (χ0n) is 44.1. The second-order valence-corrected chi connectivity index (χ2v) is 26.7. The van der Waals surface area contributed by atoms with E-state index in [9.17, 15) is 0 Å². The molecular weight excluding hydrogens is 812 g/mol. The minimum absolute atomic E-state index is 0.0211. The lowest BCUT2D eigenvalue weighted by Crippen LogP contribution is -2.61. The van der Waals surface area contributed by atoms with Crippen molar-refractivity contribution >= 4 is 62.7 Å². The lowest BCUT2D eigenvalue weighted by atomic mass is 9.35. The number of allylic oxidation sites excluding steroid dienone is 4. The molecule has 2 aliphatic heterocycles. The third-order valence-corrected chi connectivity index (χ3v) is 19.3. The standard InChI is InChI=1S/C63H77BN2O/c1-18-41(33-43-39(4)58(8,9)21-22-59(43,10)11)65-51-29-37(2)30-52-54(51)64(56-55(65)42-34-46-47(36-53(42)67-56)63(17)27-25-62(46,16)26-28-63)48-32-40(57(5,6)7)19-20-49(48)66(52)50-35-45-44(31-38(50)3)60(12,13)23-24-61(45,14)15/h18-20,29-36H,1,21-28H2,2-17H3/b41-33+. The fraction of sp³-hybridized carbons (Fsp3) is 0.492. The van der Waals surface area contributed by atoms with E-state index in [1.165, 1.54) is 140 Å². The molecule has 4 heteroatoms. The summed E-state index contributed by atoms with van der Waals surface area (Å²) < 4.78 is 7.67. The molecule has 1 aromatic heterocycles. The van der Waals surface area contributed by atoms with Gasteiger partial charge in [0.25, 0.3) is 6.71 Å². The summed E-state index contributed by atoms with van der Waals surface area (Å²) in [4.78, 5) is 5.26. The van der Waals surface area contributed by atoms with Crippen molar-refractivity contribution < 1.29 is 4.42 Å². The van der Waals surface area contributed by atoms with Gasteiger partial charge in [0.2, 0.25) is 0 Å². The molecular formula is C63H77BN2O. The normalized spacial score (nSPS) is 25.1. The number of fused-ring (bicyclic) bond motifs is 9. The van der Waals surface area contributed by atoms with Crippen LogP contribution in [0.3, 0.4) is 0 Å². The molecule has 3 heterocycles. The van der Waals surface area contributed by atoms with Gasteiger partial charge in [-0.1, -0.05) is 120 Å². The average molecular weight is 889 g/mol. The second kappa shape index (κ2) is 14.0. The SMILES string of the molecule is C=C/C(=C\C1=C(C)C(C)(C)CCC1(C)C)N1c2cc(C)cc3c2B(c2cc(C(C)(C)C)ccc2N3c2cc3c(cc2C)C(C)(C)CCC3(C)C)c2oc3cc4c(cc3c21)C1(C)CCC4(C)CC1. The van der Waals surface area contributed by atoms with E-state index in [-0.39, 0.29) is 44.6 Å². The largest absolute Gasteiger partial charge is 0.468 e. The van der Waals surface area contributed by atoms with Crippen molar-refractivity contribution in [1.82, 2.24) is 0 Å². The first-order chi connectivity index (χ1) is 31.2. The van der Waals surface area contributed by atoms with Crippen LogP contribution in [-0.2, 0) is 27.1 Å². The highest BCUT2D eigenvalue weighted by molar-refractivity contribution is 7.00. The van der Waals surface area contributed by atoms with Crippen molar-refractivity contribution in [3.63, 3.8) is 0 Å². The molecule has 12 rings (SSSR count). The molecule has 1 saturated carbocycles. The van der Waals surface area contributed by atoms with Gasteiger partial charge in [-0.15, -0.1) is 0 Å². The van der Waals surface area contributed by atoms with E-state index in [4.69, 9.17) is 4.42 Å². The minimum atomic E-state index is -0.108. The number of hydrogen-bond donors (Lipinski definition) is 0. The highest BCUT2D eigenvalue weighted by Gasteiger charge is 2.51. The number of benzene rings is 4. The second-order valence-electron chi connectivity index (χ2n) is 26.7. The summed E-state index contributed by atoms with van der Waals surface area (Å²) >= 11 is 0. The maximum Gasteiger partial charge on any atom is 0.297 e. The van der Waals surface area contributed by atoms with Gasteiger partial charge in [0, 0.05) is 33.8 Å². The Bertz CT molecular complexity index is 3050. The molecule has 0 spiro atoms. The van der Waals surface area contributed by atoms with E-state index in [1.54, 1.807) is 0 Å². The highest BCUT2D eigenvalue weighted by Crippen LogP contribution is 2.59. The van der Waals surface area contributed by atoms with E-state index >= 15 is 0 Å². The Morgan fingerprint density at radius 1 is 0.627 bits per heavy atom. The van der Waals surface area contributed by atoms with Gasteiger partial charge in [-0.05, 0) is 214 Å². The molecule has 0 atom stereocenters. The summed E-state index contributed by atoms with van der Waals surface area (Å²) in [6.07, 6.45) is 14.3. The predicted molar refractivity (Wildman–Crippen MR) is 289 cm³/mol. The molecule has 5 aromatic rings. The quantitative estimate of drug-likeness (QED) is 0.130. The van der Waals surface area contributed by atoms with E-state index in [2.05, 4.69) is 194 Å². The van der Waals surface area contributed by atoms with Gasteiger partial charge >= 0.3 is 0 Å². The summed E-state index contributed by atoms with van der Waals surface area (Å²) in [6, 6.07) is 22.6. The van der Waals surface area contributed by atoms with Crippen molar-refractivity contribution in [3.8, 4) is 0 Å². The summed E-state index contributed by atoms with van der Waals surface area (Å²) in [5.41, 5.74) is 25.5. The molecule has 0 amide bonds. The van der Waals surface area contributed by atoms with Gasteiger partial charge in [0.1, 0.15) is 5.58 Å². The fourth-order valence-electron chi connectivity index (χ4n) is 14.0. The van der Waals surface area contributed by atoms with Crippen molar-refractivity contribution in [1.29, 1.82) is 0 Å². The van der Waals surface area contributed by atoms with E-state index in [1.807, 2.05) is 0 Å². The molecule has 5 aliphatic carbocycles. The molecule has 348 valence electrons. The first-order valence-corrected chi connectivity index (χ1v) is 25.9. The van der Waals surface area contributed by atoms with Crippen LogP contribution in [0.5, 0.6) is 0 Å². The Labute approximate surface area is 404 Å². The van der Waals surface area contributed by atoms with Crippen molar-refractivity contribution in [2.45, 2.75) is 189 Å². The lowest BCUT2D eigenvalue weighted by molar-refractivity contribution is 0.188. The summed E-state index contributed by atoms with van der Waals surface area (Å²) in [7, 11) is 0. The van der Waals surface area contributed by atoms with Crippen LogP contribution in [0.1, 0.15) is 187 Å². The van der Waals surface area contributed by atoms with Crippen molar-refractivity contribution in [3.05, 3.63) is 129 Å². The number of anilines is 5. The maximum absolute atomic E-state index is 7.67. The van der Waals surface area contributed by atoms with Crippen LogP contribution in [0.2, 0.25) is 0 Å². The molecule has 3 nitrogen and oxygen atoms in total. The Kier molecular flexibility index (Phi) is 9.34. The van der Waals surface area contributed by atoms with Crippen LogP contribution in [0.15, 0.2) is 94.6 Å². The maximum atomic E-state index is 7.67. The molecule has 0 unspecified atom stereocenters. The van der Waals surface area contributed by atoms with E-state index in [0.29, 0.717) is 0 Å². The van der Waals surface area contributed by atoms with Crippen molar-refractivity contribution in [2.24, 2.45) is 10.8 Å². The number of furan rings is 1. The Morgan fingerprint density at radius 2 is 1.21 bits per heavy atom. The third kappa shape index (κ3) is 6.35. The first-order valence-electron chi connectivity index (χ1n) is 25.9. The van der Waals surface area contributed by atoms with Crippen LogP contribution in [0, 0.1) is 24.7 Å². The topological polar surface area (TPSA) is 19.6 Å². The smallest absolute Gasteiger partial charge is 0.297 e. The summed E-state index contributed by atoms with van der Waals surface area (Å²) in [5, 5.41) is 1.23. The molecule has 7 aliphatic rings. The summed E-state index contributed by atoms with van der Waals surface area (Å²) in [6.45, 7) is 43.3. The van der Waals surface area contributed by atoms with Gasteiger partial charge in [-0.25, -0.2) is 0 Å². The summed E-state index contributed by atoms with van der Waals surface area (Å²) in [5.74, 6) is 0. The molecule has 0 N–H and O–H groups in total. The van der Waals surface area contributed by atoms with Gasteiger partial charge in [-0.2, -0.15) is 0 Å². The Balaban J connectivity index is 1.26. The zero-order valence-corrected chi connectivity index (χ0v) is 44.1. The van der Waals surface area contributed by atoms with Crippen LogP contribution >= 0.6 is 0 Å². The average Bonchev–Trinajstić information content (AvgIpc) is 3.63. The molecule has 67 heavy (non-hydrogen) atoms. The van der Waals surface area contributed by atoms with Crippen LogP contribution in [0.4, 0.5) is 28.4 Å². The zero-order chi connectivity index (χ0) is 47.9. The first kappa shape index (κ1) is 44.8. The monoisotopic (exact) mass is 889 g/mol. The highest BCUT2D eigenvalue weighted by atomic mass is 16.3. The van der Waals surface area contributed by atoms with E-state index in [0.717, 1.165) is 23.4 Å². The van der Waals surface area contributed by atoms with Crippen molar-refractivity contribution in [2.75, 3.05) is 9.80 Å². The van der Waals surface area contributed by atoms with E-state index < -0.39 is 0 Å².